The van der Waals surface area contributed by atoms with Gasteiger partial charge in [-0.15, -0.1) is 0 Å². The van der Waals surface area contributed by atoms with E-state index >= 15 is 0 Å². The van der Waals surface area contributed by atoms with Crippen molar-refractivity contribution >= 4 is 23.2 Å². The van der Waals surface area contributed by atoms with Gasteiger partial charge >= 0.3 is 12.1 Å². The molecular weight excluding hydrogens is 461 g/mol. The van der Waals surface area contributed by atoms with Crippen LogP contribution < -0.4 is 9.47 Å². The van der Waals surface area contributed by atoms with Crippen molar-refractivity contribution in [2.24, 2.45) is 0 Å². The van der Waals surface area contributed by atoms with Crippen LogP contribution in [0.4, 0.5) is 13.2 Å². The number of imidazole rings is 1. The summed E-state index contributed by atoms with van der Waals surface area (Å²) in [5, 5.41) is -0.125. The summed E-state index contributed by atoms with van der Waals surface area (Å²) in [4.78, 5) is 16.6. The number of aromatic nitrogens is 2. The van der Waals surface area contributed by atoms with Crippen LogP contribution in [0.2, 0.25) is 5.02 Å². The van der Waals surface area contributed by atoms with E-state index in [-0.39, 0.29) is 29.6 Å². The Morgan fingerprint density at radius 3 is 2.45 bits per heavy atom. The van der Waals surface area contributed by atoms with Crippen LogP contribution in [0.3, 0.4) is 0 Å². The highest BCUT2D eigenvalue weighted by Crippen LogP contribution is 2.34. The van der Waals surface area contributed by atoms with Crippen LogP contribution >= 0.6 is 11.6 Å². The van der Waals surface area contributed by atoms with Crippen molar-refractivity contribution in [3.63, 3.8) is 0 Å². The summed E-state index contributed by atoms with van der Waals surface area (Å²) < 4.78 is 57.0. The maximum atomic E-state index is 13.2. The molecule has 0 aliphatic heterocycles. The van der Waals surface area contributed by atoms with Crippen LogP contribution in [0, 0.1) is 0 Å². The summed E-state index contributed by atoms with van der Waals surface area (Å²) in [6.07, 6.45) is -3.14. The molecule has 0 spiro atoms. The lowest BCUT2D eigenvalue weighted by atomic mass is 10.1. The fourth-order valence-electron chi connectivity index (χ4n) is 3.23. The molecule has 0 bridgehead atoms. The Morgan fingerprint density at radius 2 is 1.85 bits per heavy atom. The van der Waals surface area contributed by atoms with E-state index in [0.29, 0.717) is 35.9 Å². The number of ether oxygens (including phenoxy) is 3. The number of carbonyl (C=O) groups excluding carboxylic acids is 1. The molecule has 3 aromatic rings. The zero-order valence-electron chi connectivity index (χ0n) is 18.4. The van der Waals surface area contributed by atoms with Gasteiger partial charge < -0.3 is 14.2 Å². The minimum absolute atomic E-state index is 0.0957. The van der Waals surface area contributed by atoms with E-state index < -0.39 is 17.7 Å². The summed E-state index contributed by atoms with van der Waals surface area (Å²) in [5.41, 5.74) is 0.158. The molecule has 1 aromatic carbocycles. The number of carbonyl (C=O) groups is 1. The molecule has 0 amide bonds. The van der Waals surface area contributed by atoms with Gasteiger partial charge in [0.05, 0.1) is 35.7 Å². The molecule has 178 valence electrons. The SMILES string of the molecule is COc1ccc(OCCCC(=O)OCc2c(C(C)C)nc3c(Cl)cc(C(F)(F)F)cn23)cc1. The Hall–Kier alpha value is -2.94. The number of hydrogen-bond acceptors (Lipinski definition) is 5. The van der Waals surface area contributed by atoms with Crippen molar-refractivity contribution in [2.45, 2.75) is 45.4 Å². The molecule has 33 heavy (non-hydrogen) atoms. The normalized spacial score (nSPS) is 11.8. The summed E-state index contributed by atoms with van der Waals surface area (Å²) >= 11 is 6.06. The first kappa shape index (κ1) is 24.7. The number of benzene rings is 1. The highest BCUT2D eigenvalue weighted by Gasteiger charge is 2.32. The molecule has 0 saturated carbocycles. The number of fused-ring (bicyclic) bond motifs is 1. The minimum Gasteiger partial charge on any atom is -0.497 e. The van der Waals surface area contributed by atoms with Gasteiger partial charge in [-0.3, -0.25) is 9.20 Å². The molecule has 0 atom stereocenters. The molecule has 0 unspecified atom stereocenters. The molecule has 10 heteroatoms. The molecule has 0 aliphatic rings. The molecule has 0 N–H and O–H groups in total. The molecule has 3 rings (SSSR count). The van der Waals surface area contributed by atoms with Crippen LogP contribution in [0.15, 0.2) is 36.5 Å². The fourth-order valence-corrected chi connectivity index (χ4v) is 3.48. The molecule has 0 radical (unpaired) electrons. The van der Waals surface area contributed by atoms with Gasteiger partial charge in [-0.05, 0) is 42.7 Å². The standard InChI is InChI=1S/C23H24ClF3N2O4/c1-14(2)21-19(29-12-15(23(25,26)27)11-18(24)22(29)28-21)13-33-20(30)5-4-10-32-17-8-6-16(31-3)7-9-17/h6-9,11-12,14H,4-5,10,13H2,1-3H3. The fraction of sp³-hybridized carbons (Fsp3) is 0.391. The second kappa shape index (κ2) is 10.3. The van der Waals surface area contributed by atoms with E-state index in [1.807, 2.05) is 13.8 Å². The molecule has 0 fully saturated rings. The summed E-state index contributed by atoms with van der Waals surface area (Å²) in [5.74, 6) is 0.759. The van der Waals surface area contributed by atoms with Crippen molar-refractivity contribution < 1.29 is 32.2 Å². The minimum atomic E-state index is -4.57. The van der Waals surface area contributed by atoms with Gasteiger partial charge in [0.25, 0.3) is 0 Å². The lowest BCUT2D eigenvalue weighted by Gasteiger charge is -2.11. The number of esters is 1. The van der Waals surface area contributed by atoms with Gasteiger partial charge in [-0.2, -0.15) is 13.2 Å². The third-order valence-corrected chi connectivity index (χ3v) is 5.18. The molecule has 2 heterocycles. The predicted octanol–water partition coefficient (Wildman–Crippen LogP) is 6.04. The number of hydrogen-bond donors (Lipinski definition) is 0. The van der Waals surface area contributed by atoms with Gasteiger partial charge in [-0.25, -0.2) is 4.98 Å². The van der Waals surface area contributed by atoms with E-state index in [1.54, 1.807) is 31.4 Å². The zero-order chi connectivity index (χ0) is 24.2. The first-order valence-electron chi connectivity index (χ1n) is 10.3. The third-order valence-electron chi connectivity index (χ3n) is 4.90. The van der Waals surface area contributed by atoms with Crippen molar-refractivity contribution in [3.05, 3.63) is 58.5 Å². The number of halogens is 4. The lowest BCUT2D eigenvalue weighted by molar-refractivity contribution is -0.145. The number of nitrogens with zero attached hydrogens (tertiary/aromatic N) is 2. The second-order valence-corrected chi connectivity index (χ2v) is 8.06. The van der Waals surface area contributed by atoms with Gasteiger partial charge in [0.1, 0.15) is 18.1 Å². The number of alkyl halides is 3. The van der Waals surface area contributed by atoms with Gasteiger partial charge in [0, 0.05) is 12.6 Å². The van der Waals surface area contributed by atoms with Crippen molar-refractivity contribution in [1.29, 1.82) is 0 Å². The zero-order valence-corrected chi connectivity index (χ0v) is 19.2. The van der Waals surface area contributed by atoms with Gasteiger partial charge in [0.15, 0.2) is 5.65 Å². The lowest BCUT2D eigenvalue weighted by Crippen LogP contribution is -2.11. The van der Waals surface area contributed by atoms with Crippen LogP contribution in [0.25, 0.3) is 5.65 Å². The highest BCUT2D eigenvalue weighted by molar-refractivity contribution is 6.33. The Labute approximate surface area is 194 Å². The molecule has 0 aliphatic carbocycles. The van der Waals surface area contributed by atoms with E-state index in [4.69, 9.17) is 25.8 Å². The van der Waals surface area contributed by atoms with E-state index in [0.717, 1.165) is 12.3 Å². The second-order valence-electron chi connectivity index (χ2n) is 7.65. The van der Waals surface area contributed by atoms with Crippen LogP contribution in [0.1, 0.15) is 49.6 Å². The third kappa shape index (κ3) is 6.10. The van der Waals surface area contributed by atoms with Gasteiger partial charge in [-0.1, -0.05) is 25.4 Å². The van der Waals surface area contributed by atoms with E-state index in [9.17, 15) is 18.0 Å². The Bertz CT molecular complexity index is 1110. The Kier molecular flexibility index (Phi) is 7.73. The van der Waals surface area contributed by atoms with Crippen molar-refractivity contribution in [1.82, 2.24) is 9.38 Å². The maximum absolute atomic E-state index is 13.2. The Balaban J connectivity index is 1.63. The maximum Gasteiger partial charge on any atom is 0.417 e. The first-order valence-corrected chi connectivity index (χ1v) is 10.7. The Morgan fingerprint density at radius 1 is 1.18 bits per heavy atom. The van der Waals surface area contributed by atoms with Crippen LogP contribution in [-0.4, -0.2) is 29.1 Å². The van der Waals surface area contributed by atoms with Crippen molar-refractivity contribution in [2.75, 3.05) is 13.7 Å². The number of rotatable bonds is 9. The van der Waals surface area contributed by atoms with E-state index in [1.165, 1.54) is 4.40 Å². The average Bonchev–Trinajstić information content (AvgIpc) is 3.14. The number of pyridine rings is 1. The van der Waals surface area contributed by atoms with Crippen molar-refractivity contribution in [3.8, 4) is 11.5 Å². The summed E-state index contributed by atoms with van der Waals surface area (Å²) in [6, 6.07) is 7.89. The van der Waals surface area contributed by atoms with E-state index in [2.05, 4.69) is 4.98 Å². The highest BCUT2D eigenvalue weighted by atomic mass is 35.5. The van der Waals surface area contributed by atoms with Crippen LogP contribution in [-0.2, 0) is 22.3 Å². The molecule has 2 aromatic heterocycles. The number of methoxy groups -OCH3 is 1. The average molecular weight is 485 g/mol. The predicted molar refractivity (Wildman–Crippen MR) is 117 cm³/mol. The largest absolute Gasteiger partial charge is 0.497 e. The van der Waals surface area contributed by atoms with Gasteiger partial charge in [0.2, 0.25) is 0 Å². The first-order chi connectivity index (χ1) is 15.6. The van der Waals surface area contributed by atoms with Crippen LogP contribution in [0.5, 0.6) is 11.5 Å². The quantitative estimate of drug-likeness (QED) is 0.273. The molecule has 0 saturated heterocycles. The monoisotopic (exact) mass is 484 g/mol. The molecule has 6 nitrogen and oxygen atoms in total. The summed E-state index contributed by atoms with van der Waals surface area (Å²) in [7, 11) is 1.57. The topological polar surface area (TPSA) is 62.1 Å². The smallest absolute Gasteiger partial charge is 0.417 e. The molecular formula is C23H24ClF3N2O4. The summed E-state index contributed by atoms with van der Waals surface area (Å²) in [6.45, 7) is 3.79.